The van der Waals surface area contributed by atoms with Crippen molar-refractivity contribution in [1.82, 2.24) is 9.29 Å². The molecule has 6 nitrogen and oxygen atoms in total. The molecule has 0 radical (unpaired) electrons. The van der Waals surface area contributed by atoms with Gasteiger partial charge in [-0.15, -0.1) is 0 Å². The molecule has 1 aliphatic rings. The summed E-state index contributed by atoms with van der Waals surface area (Å²) in [7, 11) is 1.67. The zero-order chi connectivity index (χ0) is 23.0. The van der Waals surface area contributed by atoms with Gasteiger partial charge in [0.05, 0.1) is 11.8 Å². The van der Waals surface area contributed by atoms with E-state index in [1.54, 1.807) is 37.5 Å². The topological polar surface area (TPSA) is 83.7 Å². The van der Waals surface area contributed by atoms with Gasteiger partial charge in [0.15, 0.2) is 0 Å². The van der Waals surface area contributed by atoms with Crippen LogP contribution in [0.25, 0.3) is 11.1 Å². The maximum atomic E-state index is 15.1. The lowest BCUT2D eigenvalue weighted by Crippen LogP contribution is -2.20. The molecule has 0 aliphatic carbocycles. The largest absolute Gasteiger partial charge is 0.318 e. The van der Waals surface area contributed by atoms with E-state index in [4.69, 9.17) is 21.1 Å². The molecule has 32 heavy (non-hydrogen) atoms. The van der Waals surface area contributed by atoms with Gasteiger partial charge in [0.2, 0.25) is 11.3 Å². The molecular formula is C23H21ClFN3O3S. The van der Waals surface area contributed by atoms with Crippen LogP contribution in [0.3, 0.4) is 0 Å². The average Bonchev–Trinajstić information content (AvgIpc) is 2.84. The Labute approximate surface area is 192 Å². The third kappa shape index (κ3) is 4.45. The Morgan fingerprint density at radius 1 is 1.19 bits per heavy atom. The molecule has 3 aromatic rings. The third-order valence-electron chi connectivity index (χ3n) is 5.50. The van der Waals surface area contributed by atoms with Gasteiger partial charge in [-0.2, -0.15) is 0 Å². The van der Waals surface area contributed by atoms with Gasteiger partial charge in [0, 0.05) is 47.6 Å². The third-order valence-corrected chi connectivity index (χ3v) is 6.21. The second-order valence-corrected chi connectivity index (χ2v) is 8.86. The lowest BCUT2D eigenvalue weighted by Gasteiger charge is -2.15. The number of nitrogens with zero attached hydrogens (tertiary/aromatic N) is 2. The van der Waals surface area contributed by atoms with Crippen molar-refractivity contribution in [1.29, 1.82) is 0 Å². The molecule has 166 valence electrons. The van der Waals surface area contributed by atoms with E-state index in [-0.39, 0.29) is 24.6 Å². The SMILES string of the molecule is C[C@@H]1N=C(c2ccc(Cl)cc2)c2cc(F)c(CCNS(=O)O)cc2-c2cn(C)c(=O)cc21. The minimum Gasteiger partial charge on any atom is -0.318 e. The van der Waals surface area contributed by atoms with Crippen molar-refractivity contribution in [3.63, 3.8) is 0 Å². The molecule has 2 N–H and O–H groups in total. The normalized spacial score (nSPS) is 16.0. The first-order valence-electron chi connectivity index (χ1n) is 9.96. The van der Waals surface area contributed by atoms with Crippen molar-refractivity contribution < 1.29 is 13.2 Å². The van der Waals surface area contributed by atoms with Crippen molar-refractivity contribution >= 4 is 28.6 Å². The Hall–Kier alpha value is -2.65. The molecule has 1 aromatic heterocycles. The fraction of sp³-hybridized carbons (Fsp3) is 0.217. The maximum absolute atomic E-state index is 15.1. The lowest BCUT2D eigenvalue weighted by molar-refractivity contribution is 0.547. The molecule has 0 bridgehead atoms. The van der Waals surface area contributed by atoms with Gasteiger partial charge in [-0.3, -0.25) is 14.3 Å². The van der Waals surface area contributed by atoms with Crippen molar-refractivity contribution in [2.45, 2.75) is 19.4 Å². The van der Waals surface area contributed by atoms with Crippen LogP contribution in [0.4, 0.5) is 4.39 Å². The molecule has 9 heteroatoms. The highest BCUT2D eigenvalue weighted by Crippen LogP contribution is 2.38. The van der Waals surface area contributed by atoms with Crippen molar-refractivity contribution in [2.24, 2.45) is 12.0 Å². The summed E-state index contributed by atoms with van der Waals surface area (Å²) in [6.07, 6.45) is 1.96. The highest BCUT2D eigenvalue weighted by atomic mass is 35.5. The minimum atomic E-state index is -2.17. The molecule has 1 unspecified atom stereocenters. The predicted octanol–water partition coefficient (Wildman–Crippen LogP) is 4.03. The minimum absolute atomic E-state index is 0.132. The first-order chi connectivity index (χ1) is 15.2. The summed E-state index contributed by atoms with van der Waals surface area (Å²) in [5.41, 5.74) is 4.53. The molecule has 0 fully saturated rings. The van der Waals surface area contributed by atoms with E-state index in [9.17, 15) is 9.00 Å². The number of halogens is 2. The summed E-state index contributed by atoms with van der Waals surface area (Å²) in [4.78, 5) is 17.2. The van der Waals surface area contributed by atoms with Crippen LogP contribution in [0.2, 0.25) is 5.02 Å². The number of aromatic nitrogens is 1. The highest BCUT2D eigenvalue weighted by molar-refractivity contribution is 7.77. The molecule has 1 aliphatic heterocycles. The fourth-order valence-corrected chi connectivity index (χ4v) is 4.29. The number of aliphatic imine (C=N–C) groups is 1. The van der Waals surface area contributed by atoms with Crippen LogP contribution in [0.5, 0.6) is 0 Å². The fourth-order valence-electron chi connectivity index (χ4n) is 3.89. The van der Waals surface area contributed by atoms with E-state index in [1.165, 1.54) is 10.6 Å². The number of hydrogen-bond acceptors (Lipinski definition) is 3. The number of benzene rings is 2. The molecule has 4 rings (SSSR count). The predicted molar refractivity (Wildman–Crippen MR) is 125 cm³/mol. The second kappa shape index (κ2) is 9.07. The van der Waals surface area contributed by atoms with Crippen LogP contribution in [0.15, 0.2) is 58.4 Å². The first kappa shape index (κ1) is 22.5. The van der Waals surface area contributed by atoms with Gasteiger partial charge in [-0.05, 0) is 54.3 Å². The van der Waals surface area contributed by atoms with Gasteiger partial charge in [0.25, 0.3) is 5.56 Å². The van der Waals surface area contributed by atoms with E-state index in [1.807, 2.05) is 19.1 Å². The van der Waals surface area contributed by atoms with Crippen LogP contribution in [0.1, 0.15) is 35.2 Å². The summed E-state index contributed by atoms with van der Waals surface area (Å²) in [6.45, 7) is 2.03. The van der Waals surface area contributed by atoms with Crippen molar-refractivity contribution in [2.75, 3.05) is 6.54 Å². The Kier molecular flexibility index (Phi) is 6.39. The second-order valence-electron chi connectivity index (χ2n) is 7.63. The molecule has 0 saturated carbocycles. The smallest absolute Gasteiger partial charge is 0.250 e. The van der Waals surface area contributed by atoms with Crippen molar-refractivity contribution in [3.05, 3.63) is 92.1 Å². The molecule has 2 atom stereocenters. The number of rotatable bonds is 5. The number of fused-ring (bicyclic) bond motifs is 3. The summed E-state index contributed by atoms with van der Waals surface area (Å²) >= 11 is 3.88. The van der Waals surface area contributed by atoms with Gasteiger partial charge in [-0.25, -0.2) is 13.3 Å². The Balaban J connectivity index is 1.95. The highest BCUT2D eigenvalue weighted by Gasteiger charge is 2.25. The summed E-state index contributed by atoms with van der Waals surface area (Å²) in [6, 6.07) is 11.6. The molecule has 0 saturated heterocycles. The van der Waals surface area contributed by atoms with Gasteiger partial charge < -0.3 is 4.57 Å². The van der Waals surface area contributed by atoms with E-state index in [0.29, 0.717) is 21.9 Å². The molecular weight excluding hydrogens is 453 g/mol. The van der Waals surface area contributed by atoms with E-state index in [0.717, 1.165) is 22.3 Å². The zero-order valence-corrected chi connectivity index (χ0v) is 19.0. The maximum Gasteiger partial charge on any atom is 0.250 e. The number of nitrogens with one attached hydrogen (secondary N) is 1. The molecule has 2 aromatic carbocycles. The van der Waals surface area contributed by atoms with Crippen LogP contribution in [0, 0.1) is 5.82 Å². The summed E-state index contributed by atoms with van der Waals surface area (Å²) < 4.78 is 38.8. The van der Waals surface area contributed by atoms with Crippen molar-refractivity contribution in [3.8, 4) is 11.1 Å². The number of hydrogen-bond donors (Lipinski definition) is 2. The van der Waals surface area contributed by atoms with Crippen LogP contribution >= 0.6 is 11.6 Å². The van der Waals surface area contributed by atoms with Gasteiger partial charge in [-0.1, -0.05) is 23.7 Å². The van der Waals surface area contributed by atoms with E-state index >= 15 is 4.39 Å². The zero-order valence-electron chi connectivity index (χ0n) is 17.4. The van der Waals surface area contributed by atoms with E-state index < -0.39 is 17.1 Å². The van der Waals surface area contributed by atoms with Gasteiger partial charge in [0.1, 0.15) is 5.82 Å². The van der Waals surface area contributed by atoms with Crippen LogP contribution < -0.4 is 10.3 Å². The lowest BCUT2D eigenvalue weighted by atomic mass is 9.90. The molecule has 2 heterocycles. The standard InChI is InChI=1S/C23H21ClFN3O3S/c1-13-17-11-22(29)28(2)12-20(17)18-9-15(7-8-26-32(30)31)21(25)10-19(18)23(27-13)14-3-5-16(24)6-4-14/h3-6,9-13,26H,7-8H2,1-2H3,(H,30,31)/t13-/m0/s1. The molecule has 0 amide bonds. The average molecular weight is 474 g/mol. The van der Waals surface area contributed by atoms with Crippen LogP contribution in [-0.2, 0) is 24.7 Å². The summed E-state index contributed by atoms with van der Waals surface area (Å²) in [5.74, 6) is -0.433. The Bertz CT molecular complexity index is 1310. The monoisotopic (exact) mass is 473 g/mol. The number of aryl methyl sites for hydroxylation is 1. The summed E-state index contributed by atoms with van der Waals surface area (Å²) in [5, 5.41) is 0.581. The van der Waals surface area contributed by atoms with Crippen LogP contribution in [-0.4, -0.2) is 25.6 Å². The Morgan fingerprint density at radius 2 is 1.91 bits per heavy atom. The quantitative estimate of drug-likeness (QED) is 0.549. The van der Waals surface area contributed by atoms with E-state index in [2.05, 4.69) is 4.72 Å². The first-order valence-corrected chi connectivity index (χ1v) is 11.4. The number of pyridine rings is 1. The van der Waals surface area contributed by atoms with Gasteiger partial charge >= 0.3 is 0 Å². The molecule has 0 spiro atoms. The Morgan fingerprint density at radius 3 is 2.59 bits per heavy atom.